The van der Waals surface area contributed by atoms with Crippen molar-refractivity contribution in [1.29, 1.82) is 0 Å². The minimum absolute atomic E-state index is 0.557. The molecule has 0 bridgehead atoms. The van der Waals surface area contributed by atoms with Gasteiger partial charge in [0.1, 0.15) is 12.2 Å². The highest BCUT2D eigenvalue weighted by molar-refractivity contribution is 7.98. The van der Waals surface area contributed by atoms with Gasteiger partial charge in [0.25, 0.3) is 0 Å². The first-order valence-electron chi connectivity index (χ1n) is 5.85. The van der Waals surface area contributed by atoms with Crippen molar-refractivity contribution >= 4 is 17.4 Å². The van der Waals surface area contributed by atoms with Crippen LogP contribution in [-0.2, 0) is 12.3 Å². The molecular formula is C12H17N5S. The highest BCUT2D eigenvalue weighted by Crippen LogP contribution is 2.26. The van der Waals surface area contributed by atoms with Gasteiger partial charge in [-0.2, -0.15) is 5.10 Å². The third-order valence-electron chi connectivity index (χ3n) is 2.40. The first-order chi connectivity index (χ1) is 8.66. The predicted molar refractivity (Wildman–Crippen MR) is 73.1 cm³/mol. The molecule has 0 radical (unpaired) electrons. The largest absolute Gasteiger partial charge is 0.397 e. The molecule has 0 spiro atoms. The van der Waals surface area contributed by atoms with Crippen LogP contribution >= 0.6 is 11.8 Å². The summed E-state index contributed by atoms with van der Waals surface area (Å²) in [6.07, 6.45) is 5.02. The first-order valence-corrected chi connectivity index (χ1v) is 6.84. The summed E-state index contributed by atoms with van der Waals surface area (Å²) in [6, 6.07) is 1.92. The lowest BCUT2D eigenvalue weighted by Gasteiger charge is -2.08. The van der Waals surface area contributed by atoms with Crippen molar-refractivity contribution in [1.82, 2.24) is 19.7 Å². The maximum absolute atomic E-state index is 5.85. The second-order valence-electron chi connectivity index (χ2n) is 4.45. The van der Waals surface area contributed by atoms with Gasteiger partial charge in [0.15, 0.2) is 0 Å². The number of nitrogens with zero attached hydrogens (tertiary/aromatic N) is 4. The van der Waals surface area contributed by atoms with E-state index in [9.17, 15) is 0 Å². The minimum Gasteiger partial charge on any atom is -0.397 e. The predicted octanol–water partition coefficient (Wildman–Crippen LogP) is 2.20. The van der Waals surface area contributed by atoms with E-state index in [1.54, 1.807) is 30.5 Å². The van der Waals surface area contributed by atoms with Gasteiger partial charge < -0.3 is 5.73 Å². The van der Waals surface area contributed by atoms with Gasteiger partial charge in [-0.3, -0.25) is 4.98 Å². The van der Waals surface area contributed by atoms with Crippen LogP contribution in [0.4, 0.5) is 5.69 Å². The smallest absolute Gasteiger partial charge is 0.138 e. The summed E-state index contributed by atoms with van der Waals surface area (Å²) in [7, 11) is 0. The molecule has 0 aliphatic heterocycles. The molecule has 2 aromatic heterocycles. The molecule has 0 fully saturated rings. The molecule has 0 aliphatic carbocycles. The Labute approximate surface area is 111 Å². The van der Waals surface area contributed by atoms with Crippen LogP contribution in [0.3, 0.4) is 0 Å². The summed E-state index contributed by atoms with van der Waals surface area (Å²) in [5, 5.41) is 4.24. The Balaban J connectivity index is 2.02. The number of aromatic nitrogens is 4. The maximum atomic E-state index is 5.85. The van der Waals surface area contributed by atoms with Gasteiger partial charge in [0.05, 0.1) is 17.6 Å². The number of hydrogen-bond donors (Lipinski definition) is 1. The number of nitrogen functional groups attached to an aromatic ring is 1. The van der Waals surface area contributed by atoms with E-state index in [4.69, 9.17) is 5.73 Å². The van der Waals surface area contributed by atoms with Crippen LogP contribution in [0, 0.1) is 5.92 Å². The second-order valence-corrected chi connectivity index (χ2v) is 5.47. The fourth-order valence-corrected chi connectivity index (χ4v) is 2.45. The Kier molecular flexibility index (Phi) is 4.19. The Morgan fingerprint density at radius 1 is 1.44 bits per heavy atom. The van der Waals surface area contributed by atoms with Gasteiger partial charge in [-0.15, -0.1) is 11.8 Å². The summed E-state index contributed by atoms with van der Waals surface area (Å²) in [6.45, 7) is 5.22. The molecule has 18 heavy (non-hydrogen) atoms. The summed E-state index contributed by atoms with van der Waals surface area (Å²) >= 11 is 1.66. The summed E-state index contributed by atoms with van der Waals surface area (Å²) in [4.78, 5) is 9.30. The van der Waals surface area contributed by atoms with Gasteiger partial charge in [0.2, 0.25) is 0 Å². The van der Waals surface area contributed by atoms with Crippen LogP contribution in [-0.4, -0.2) is 19.7 Å². The van der Waals surface area contributed by atoms with E-state index >= 15 is 0 Å². The van der Waals surface area contributed by atoms with Crippen LogP contribution in [0.15, 0.2) is 29.7 Å². The van der Waals surface area contributed by atoms with Crippen LogP contribution < -0.4 is 5.73 Å². The zero-order chi connectivity index (χ0) is 13.0. The molecule has 0 aromatic carbocycles. The van der Waals surface area contributed by atoms with Crippen molar-refractivity contribution < 1.29 is 0 Å². The number of hydrogen-bond acceptors (Lipinski definition) is 5. The molecule has 0 unspecified atom stereocenters. The fourth-order valence-electron chi connectivity index (χ4n) is 1.57. The van der Waals surface area contributed by atoms with E-state index in [2.05, 4.69) is 28.9 Å². The highest BCUT2D eigenvalue weighted by Gasteiger charge is 2.07. The fraction of sp³-hybridized carbons (Fsp3) is 0.417. The highest BCUT2D eigenvalue weighted by atomic mass is 32.2. The van der Waals surface area contributed by atoms with Crippen molar-refractivity contribution in [2.24, 2.45) is 5.92 Å². The van der Waals surface area contributed by atoms with E-state index in [1.807, 2.05) is 10.7 Å². The topological polar surface area (TPSA) is 69.6 Å². The SMILES string of the molecule is CC(C)Cn1ncnc1CSc1ccncc1N. The molecule has 2 heterocycles. The lowest BCUT2D eigenvalue weighted by atomic mass is 10.2. The molecule has 0 amide bonds. The number of nitrogens with two attached hydrogens (primary N) is 1. The van der Waals surface area contributed by atoms with Crippen molar-refractivity contribution in [2.75, 3.05) is 5.73 Å². The van der Waals surface area contributed by atoms with E-state index in [-0.39, 0.29) is 0 Å². The third kappa shape index (κ3) is 3.22. The summed E-state index contributed by atoms with van der Waals surface area (Å²) < 4.78 is 1.95. The van der Waals surface area contributed by atoms with Crippen molar-refractivity contribution in [2.45, 2.75) is 31.0 Å². The minimum atomic E-state index is 0.557. The lowest BCUT2D eigenvalue weighted by molar-refractivity contribution is 0.472. The zero-order valence-electron chi connectivity index (χ0n) is 10.6. The number of thioether (sulfide) groups is 1. The Bertz CT molecular complexity index is 509. The number of anilines is 1. The van der Waals surface area contributed by atoms with Crippen LogP contribution in [0.25, 0.3) is 0 Å². The molecule has 2 rings (SSSR count). The van der Waals surface area contributed by atoms with Gasteiger partial charge >= 0.3 is 0 Å². The van der Waals surface area contributed by atoms with Crippen LogP contribution in [0.2, 0.25) is 0 Å². The number of pyridine rings is 1. The lowest BCUT2D eigenvalue weighted by Crippen LogP contribution is -2.09. The average molecular weight is 263 g/mol. The van der Waals surface area contributed by atoms with E-state index in [0.717, 1.165) is 23.0 Å². The van der Waals surface area contributed by atoms with Crippen LogP contribution in [0.1, 0.15) is 19.7 Å². The maximum Gasteiger partial charge on any atom is 0.138 e. The molecule has 2 N–H and O–H groups in total. The second kappa shape index (κ2) is 5.86. The summed E-state index contributed by atoms with van der Waals surface area (Å²) in [5.41, 5.74) is 6.56. The average Bonchev–Trinajstić information content (AvgIpc) is 2.75. The van der Waals surface area contributed by atoms with Crippen LogP contribution in [0.5, 0.6) is 0 Å². The normalized spacial score (nSPS) is 11.1. The molecule has 0 saturated heterocycles. The van der Waals surface area contributed by atoms with Crippen molar-refractivity contribution in [3.63, 3.8) is 0 Å². The van der Waals surface area contributed by atoms with E-state index < -0.39 is 0 Å². The molecule has 5 nitrogen and oxygen atoms in total. The molecular weight excluding hydrogens is 246 g/mol. The zero-order valence-corrected chi connectivity index (χ0v) is 11.4. The standard InChI is InChI=1S/C12H17N5S/c1-9(2)6-17-12(15-8-16-17)7-18-11-3-4-14-5-10(11)13/h3-5,8-9H,6-7,13H2,1-2H3. The van der Waals surface area contributed by atoms with Crippen molar-refractivity contribution in [3.8, 4) is 0 Å². The monoisotopic (exact) mass is 263 g/mol. The van der Waals surface area contributed by atoms with E-state index in [1.165, 1.54) is 0 Å². The first kappa shape index (κ1) is 12.9. The van der Waals surface area contributed by atoms with Gasteiger partial charge in [-0.25, -0.2) is 9.67 Å². The molecule has 0 atom stereocenters. The molecule has 96 valence electrons. The molecule has 0 aliphatic rings. The third-order valence-corrected chi connectivity index (χ3v) is 3.49. The van der Waals surface area contributed by atoms with Crippen molar-refractivity contribution in [3.05, 3.63) is 30.6 Å². The van der Waals surface area contributed by atoms with Gasteiger partial charge in [0, 0.05) is 17.6 Å². The van der Waals surface area contributed by atoms with Gasteiger partial charge in [-0.05, 0) is 12.0 Å². The molecule has 0 saturated carbocycles. The Morgan fingerprint density at radius 2 is 2.28 bits per heavy atom. The Hall–Kier alpha value is -1.56. The quantitative estimate of drug-likeness (QED) is 0.837. The number of rotatable bonds is 5. The van der Waals surface area contributed by atoms with E-state index in [0.29, 0.717) is 11.6 Å². The molecule has 6 heteroatoms. The summed E-state index contributed by atoms with van der Waals surface area (Å²) in [5.74, 6) is 2.30. The van der Waals surface area contributed by atoms with Gasteiger partial charge in [-0.1, -0.05) is 13.8 Å². The molecule has 2 aromatic rings. The Morgan fingerprint density at radius 3 is 3.00 bits per heavy atom.